The zero-order valence-electron chi connectivity index (χ0n) is 11.7. The molecular weight excluding hydrogens is 318 g/mol. The van der Waals surface area contributed by atoms with Crippen molar-refractivity contribution in [2.75, 3.05) is 7.11 Å². The lowest BCUT2D eigenvalue weighted by Gasteiger charge is -2.22. The van der Waals surface area contributed by atoms with Crippen molar-refractivity contribution in [3.63, 3.8) is 0 Å². The summed E-state index contributed by atoms with van der Waals surface area (Å²) in [7, 11) is 1.17. The van der Waals surface area contributed by atoms with E-state index < -0.39 is 24.3 Å². The molecule has 0 aliphatic carbocycles. The van der Waals surface area contributed by atoms with E-state index in [1.54, 1.807) is 0 Å². The normalized spacial score (nSPS) is 18.5. The standard InChI is InChI=1S/C13H14F2N2O4S/c1-21-13(20)7-5-22-10(11(14)15)6(7)4-16-8-2-3-9(18)17-12(8)19/h5,8,11,16H,2-4H2,1H3,(H,17,18,19). The van der Waals surface area contributed by atoms with Gasteiger partial charge in [0.1, 0.15) is 0 Å². The number of thiophene rings is 1. The molecule has 1 unspecified atom stereocenters. The molecular formula is C13H14F2N2O4S. The number of imide groups is 1. The number of piperidine rings is 1. The molecule has 0 spiro atoms. The molecule has 0 saturated carbocycles. The number of ether oxygens (including phenoxy) is 1. The average Bonchev–Trinajstić information content (AvgIpc) is 2.89. The monoisotopic (exact) mass is 332 g/mol. The van der Waals surface area contributed by atoms with Crippen LogP contribution in [0.25, 0.3) is 0 Å². The Bertz CT molecular complexity index is 603. The highest BCUT2D eigenvalue weighted by molar-refractivity contribution is 7.10. The number of nitrogens with one attached hydrogen (secondary N) is 2. The van der Waals surface area contributed by atoms with Gasteiger partial charge >= 0.3 is 5.97 Å². The molecule has 0 bridgehead atoms. The van der Waals surface area contributed by atoms with Crippen LogP contribution in [0, 0.1) is 0 Å². The van der Waals surface area contributed by atoms with E-state index in [1.165, 1.54) is 12.5 Å². The Morgan fingerprint density at radius 3 is 2.86 bits per heavy atom. The van der Waals surface area contributed by atoms with Gasteiger partial charge in [0.05, 0.1) is 23.6 Å². The third kappa shape index (κ3) is 3.47. The van der Waals surface area contributed by atoms with Crippen molar-refractivity contribution in [3.8, 4) is 0 Å². The summed E-state index contributed by atoms with van der Waals surface area (Å²) in [6.07, 6.45) is -2.26. The van der Waals surface area contributed by atoms with Crippen LogP contribution in [0.3, 0.4) is 0 Å². The molecule has 1 atom stereocenters. The van der Waals surface area contributed by atoms with Crippen molar-refractivity contribution in [2.45, 2.75) is 31.9 Å². The van der Waals surface area contributed by atoms with Crippen LogP contribution in [0.15, 0.2) is 5.38 Å². The predicted molar refractivity (Wildman–Crippen MR) is 73.6 cm³/mol. The lowest BCUT2D eigenvalue weighted by molar-refractivity contribution is -0.134. The molecule has 120 valence electrons. The van der Waals surface area contributed by atoms with E-state index in [1.807, 2.05) is 0 Å². The number of carbonyl (C=O) groups excluding carboxylic acids is 3. The van der Waals surface area contributed by atoms with Gasteiger partial charge in [-0.1, -0.05) is 0 Å². The molecule has 1 aromatic heterocycles. The van der Waals surface area contributed by atoms with Gasteiger partial charge < -0.3 is 10.1 Å². The van der Waals surface area contributed by atoms with Gasteiger partial charge in [-0.15, -0.1) is 11.3 Å². The summed E-state index contributed by atoms with van der Waals surface area (Å²) >= 11 is 0.770. The third-order valence-corrected chi connectivity index (χ3v) is 4.33. The highest BCUT2D eigenvalue weighted by atomic mass is 32.1. The van der Waals surface area contributed by atoms with Crippen molar-refractivity contribution in [3.05, 3.63) is 21.4 Å². The van der Waals surface area contributed by atoms with E-state index in [2.05, 4.69) is 15.4 Å². The Morgan fingerprint density at radius 1 is 1.55 bits per heavy atom. The Kier molecular flexibility index (Phi) is 5.19. The van der Waals surface area contributed by atoms with E-state index in [0.29, 0.717) is 0 Å². The first-order chi connectivity index (χ1) is 10.4. The first-order valence-corrected chi connectivity index (χ1v) is 7.35. The van der Waals surface area contributed by atoms with Gasteiger partial charge in [-0.2, -0.15) is 0 Å². The zero-order valence-corrected chi connectivity index (χ0v) is 12.5. The van der Waals surface area contributed by atoms with Crippen LogP contribution in [-0.4, -0.2) is 30.9 Å². The SMILES string of the molecule is COC(=O)c1csc(C(F)F)c1CNC1CCC(=O)NC1=O. The molecule has 1 saturated heterocycles. The fraction of sp³-hybridized carbons (Fsp3) is 0.462. The average molecular weight is 332 g/mol. The first kappa shape index (κ1) is 16.5. The van der Waals surface area contributed by atoms with Crippen LogP contribution in [0.2, 0.25) is 0 Å². The Balaban J connectivity index is 2.14. The second kappa shape index (κ2) is 6.93. The van der Waals surface area contributed by atoms with Crippen LogP contribution in [-0.2, 0) is 20.9 Å². The number of hydrogen-bond donors (Lipinski definition) is 2. The summed E-state index contributed by atoms with van der Waals surface area (Å²) in [5, 5.41) is 6.29. The lowest BCUT2D eigenvalue weighted by atomic mass is 10.0. The summed E-state index contributed by atoms with van der Waals surface area (Å²) in [5.74, 6) is -1.56. The van der Waals surface area contributed by atoms with E-state index in [4.69, 9.17) is 0 Å². The maximum atomic E-state index is 13.0. The lowest BCUT2D eigenvalue weighted by Crippen LogP contribution is -2.50. The summed E-state index contributed by atoms with van der Waals surface area (Å²) in [5.41, 5.74) is 0.180. The number of halogens is 2. The molecule has 1 aromatic rings. The summed E-state index contributed by atoms with van der Waals surface area (Å²) in [6, 6.07) is -0.659. The van der Waals surface area contributed by atoms with Crippen molar-refractivity contribution >= 4 is 29.1 Å². The predicted octanol–water partition coefficient (Wildman–Crippen LogP) is 1.37. The molecule has 9 heteroatoms. The molecule has 2 N–H and O–H groups in total. The Hall–Kier alpha value is -1.87. The Labute approximate surface area is 128 Å². The summed E-state index contributed by atoms with van der Waals surface area (Å²) in [6.45, 7) is -0.0834. The van der Waals surface area contributed by atoms with Gasteiger partial charge in [-0.25, -0.2) is 13.6 Å². The van der Waals surface area contributed by atoms with Gasteiger partial charge in [-0.05, 0) is 6.42 Å². The molecule has 2 rings (SSSR count). The molecule has 1 aliphatic heterocycles. The number of esters is 1. The molecule has 0 aromatic carbocycles. The highest BCUT2D eigenvalue weighted by Gasteiger charge is 2.28. The summed E-state index contributed by atoms with van der Waals surface area (Å²) < 4.78 is 30.6. The van der Waals surface area contributed by atoms with Crippen LogP contribution < -0.4 is 10.6 Å². The van der Waals surface area contributed by atoms with Crippen LogP contribution in [0.5, 0.6) is 0 Å². The van der Waals surface area contributed by atoms with Crippen molar-refractivity contribution in [1.82, 2.24) is 10.6 Å². The first-order valence-electron chi connectivity index (χ1n) is 6.47. The smallest absolute Gasteiger partial charge is 0.339 e. The fourth-order valence-electron chi connectivity index (χ4n) is 2.16. The van der Waals surface area contributed by atoms with Crippen molar-refractivity contribution < 1.29 is 27.9 Å². The number of alkyl halides is 2. The quantitative estimate of drug-likeness (QED) is 0.628. The molecule has 1 aliphatic rings. The second-order valence-electron chi connectivity index (χ2n) is 4.67. The number of rotatable bonds is 5. The molecule has 22 heavy (non-hydrogen) atoms. The number of carbonyl (C=O) groups is 3. The highest BCUT2D eigenvalue weighted by Crippen LogP contribution is 2.32. The maximum absolute atomic E-state index is 13.0. The molecule has 0 radical (unpaired) electrons. The minimum atomic E-state index is -2.72. The summed E-state index contributed by atoms with van der Waals surface area (Å²) in [4.78, 5) is 34.1. The van der Waals surface area contributed by atoms with Gasteiger partial charge in [0.25, 0.3) is 6.43 Å². The van der Waals surface area contributed by atoms with E-state index >= 15 is 0 Å². The maximum Gasteiger partial charge on any atom is 0.339 e. The Morgan fingerprint density at radius 2 is 2.27 bits per heavy atom. The second-order valence-corrected chi connectivity index (χ2v) is 5.58. The van der Waals surface area contributed by atoms with E-state index in [9.17, 15) is 23.2 Å². The zero-order chi connectivity index (χ0) is 16.3. The van der Waals surface area contributed by atoms with Gasteiger partial charge in [0.2, 0.25) is 11.8 Å². The van der Waals surface area contributed by atoms with Gasteiger partial charge in [0.15, 0.2) is 0 Å². The van der Waals surface area contributed by atoms with E-state index in [-0.39, 0.29) is 41.3 Å². The van der Waals surface area contributed by atoms with Crippen LogP contribution in [0.4, 0.5) is 8.78 Å². The molecule has 2 heterocycles. The fourth-order valence-corrected chi connectivity index (χ4v) is 3.07. The van der Waals surface area contributed by atoms with Crippen LogP contribution in [0.1, 0.15) is 40.1 Å². The number of hydrogen-bond acceptors (Lipinski definition) is 6. The molecule has 6 nitrogen and oxygen atoms in total. The van der Waals surface area contributed by atoms with Crippen molar-refractivity contribution in [2.24, 2.45) is 0 Å². The topological polar surface area (TPSA) is 84.5 Å². The number of amides is 2. The largest absolute Gasteiger partial charge is 0.465 e. The van der Waals surface area contributed by atoms with Crippen LogP contribution >= 0.6 is 11.3 Å². The van der Waals surface area contributed by atoms with Crippen molar-refractivity contribution in [1.29, 1.82) is 0 Å². The number of methoxy groups -OCH3 is 1. The minimum absolute atomic E-state index is 0.0580. The third-order valence-electron chi connectivity index (χ3n) is 3.29. The van der Waals surface area contributed by atoms with Gasteiger partial charge in [0, 0.05) is 23.9 Å². The van der Waals surface area contributed by atoms with E-state index in [0.717, 1.165) is 11.3 Å². The van der Waals surface area contributed by atoms with Gasteiger partial charge in [-0.3, -0.25) is 14.9 Å². The minimum Gasteiger partial charge on any atom is -0.465 e. The molecule has 1 fully saturated rings. The molecule has 2 amide bonds.